The second kappa shape index (κ2) is 6.40. The Bertz CT molecular complexity index is 444. The largest absolute Gasteiger partial charge is 0.374 e. The zero-order chi connectivity index (χ0) is 13.8. The number of nitrogens with zero attached hydrogens (tertiary/aromatic N) is 1. The molecule has 3 rings (SSSR count). The van der Waals surface area contributed by atoms with E-state index in [0.29, 0.717) is 25.0 Å². The fourth-order valence-electron chi connectivity index (χ4n) is 3.45. The lowest BCUT2D eigenvalue weighted by atomic mass is 9.90. The predicted octanol–water partition coefficient (Wildman–Crippen LogP) is 2.79. The van der Waals surface area contributed by atoms with Crippen LogP contribution in [0.5, 0.6) is 0 Å². The maximum atomic E-state index is 12.5. The first kappa shape index (κ1) is 13.6. The van der Waals surface area contributed by atoms with Gasteiger partial charge in [0, 0.05) is 13.0 Å². The molecule has 1 aliphatic heterocycles. The number of ether oxygens (including phenoxy) is 1. The molecule has 1 saturated heterocycles. The first-order chi connectivity index (χ1) is 9.84. The lowest BCUT2D eigenvalue weighted by molar-refractivity contribution is -0.149. The molecule has 0 spiro atoms. The standard InChI is InChI=1S/C17H23NO2/c19-17(11-10-14-6-2-1-3-7-14)18-12-13-20-16-9-5-4-8-15(16)18/h1-3,6-7,15-16H,4-5,8-13H2/t15-,16-/m1/s1. The summed E-state index contributed by atoms with van der Waals surface area (Å²) in [6.45, 7) is 1.48. The molecule has 108 valence electrons. The maximum Gasteiger partial charge on any atom is 0.223 e. The number of benzene rings is 1. The van der Waals surface area contributed by atoms with Crippen molar-refractivity contribution in [2.24, 2.45) is 0 Å². The number of carbonyl (C=O) groups is 1. The molecule has 1 amide bonds. The van der Waals surface area contributed by atoms with Crippen LogP contribution < -0.4 is 0 Å². The van der Waals surface area contributed by atoms with E-state index in [4.69, 9.17) is 4.74 Å². The molecule has 0 bridgehead atoms. The van der Waals surface area contributed by atoms with Crippen molar-refractivity contribution in [1.29, 1.82) is 0 Å². The van der Waals surface area contributed by atoms with Gasteiger partial charge in [-0.25, -0.2) is 0 Å². The van der Waals surface area contributed by atoms with Gasteiger partial charge in [0.1, 0.15) is 0 Å². The first-order valence-corrected chi connectivity index (χ1v) is 7.79. The Morgan fingerprint density at radius 3 is 2.85 bits per heavy atom. The van der Waals surface area contributed by atoms with Gasteiger partial charge in [-0.3, -0.25) is 4.79 Å². The average Bonchev–Trinajstić information content (AvgIpc) is 2.53. The normalized spacial score (nSPS) is 26.1. The third kappa shape index (κ3) is 3.04. The van der Waals surface area contributed by atoms with E-state index in [9.17, 15) is 4.79 Å². The van der Waals surface area contributed by atoms with Crippen molar-refractivity contribution in [3.8, 4) is 0 Å². The number of rotatable bonds is 3. The number of aryl methyl sites for hydroxylation is 1. The van der Waals surface area contributed by atoms with E-state index in [0.717, 1.165) is 25.8 Å². The SMILES string of the molecule is O=C(CCc1ccccc1)N1CCO[C@@H]2CCCC[C@H]21. The van der Waals surface area contributed by atoms with Gasteiger partial charge >= 0.3 is 0 Å². The molecule has 1 aromatic carbocycles. The zero-order valence-corrected chi connectivity index (χ0v) is 12.0. The number of hydrogen-bond acceptors (Lipinski definition) is 2. The summed E-state index contributed by atoms with van der Waals surface area (Å²) in [6.07, 6.45) is 6.45. The molecule has 0 unspecified atom stereocenters. The van der Waals surface area contributed by atoms with Gasteiger partial charge in [-0.2, -0.15) is 0 Å². The smallest absolute Gasteiger partial charge is 0.223 e. The Hall–Kier alpha value is -1.35. The Kier molecular flexibility index (Phi) is 4.36. The summed E-state index contributed by atoms with van der Waals surface area (Å²) in [7, 11) is 0. The second-order valence-electron chi connectivity index (χ2n) is 5.83. The van der Waals surface area contributed by atoms with Crippen LogP contribution in [0.15, 0.2) is 30.3 Å². The molecule has 0 aromatic heterocycles. The third-order valence-electron chi connectivity index (χ3n) is 4.52. The van der Waals surface area contributed by atoms with Crippen LogP contribution in [0.3, 0.4) is 0 Å². The quantitative estimate of drug-likeness (QED) is 0.847. The van der Waals surface area contributed by atoms with Crippen LogP contribution >= 0.6 is 0 Å². The molecule has 2 aliphatic rings. The van der Waals surface area contributed by atoms with Gasteiger partial charge in [-0.1, -0.05) is 43.2 Å². The number of morpholine rings is 1. The van der Waals surface area contributed by atoms with Crippen LogP contribution in [0.25, 0.3) is 0 Å². The van der Waals surface area contributed by atoms with E-state index >= 15 is 0 Å². The zero-order valence-electron chi connectivity index (χ0n) is 12.0. The van der Waals surface area contributed by atoms with Gasteiger partial charge in [0.05, 0.1) is 18.8 Å². The van der Waals surface area contributed by atoms with E-state index in [-0.39, 0.29) is 6.10 Å². The number of amides is 1. The highest BCUT2D eigenvalue weighted by molar-refractivity contribution is 5.77. The lowest BCUT2D eigenvalue weighted by Crippen LogP contribution is -2.54. The molecule has 0 radical (unpaired) electrons. The first-order valence-electron chi connectivity index (χ1n) is 7.79. The number of fused-ring (bicyclic) bond motifs is 1. The summed E-state index contributed by atoms with van der Waals surface area (Å²) in [6, 6.07) is 10.6. The van der Waals surface area contributed by atoms with Crippen molar-refractivity contribution >= 4 is 5.91 Å². The topological polar surface area (TPSA) is 29.5 Å². The molecule has 20 heavy (non-hydrogen) atoms. The highest BCUT2D eigenvalue weighted by Crippen LogP contribution is 2.28. The molecule has 2 fully saturated rings. The fourth-order valence-corrected chi connectivity index (χ4v) is 3.45. The summed E-state index contributed by atoms with van der Waals surface area (Å²) >= 11 is 0. The minimum atomic E-state index is 0.290. The van der Waals surface area contributed by atoms with E-state index in [1.54, 1.807) is 0 Å². The molecular formula is C17H23NO2. The molecule has 1 saturated carbocycles. The Morgan fingerprint density at radius 1 is 1.20 bits per heavy atom. The average molecular weight is 273 g/mol. The monoisotopic (exact) mass is 273 g/mol. The summed E-state index contributed by atoms with van der Waals surface area (Å²) in [4.78, 5) is 14.6. The number of carbonyl (C=O) groups excluding carboxylic acids is 1. The summed E-state index contributed by atoms with van der Waals surface area (Å²) in [5, 5.41) is 0. The molecule has 3 nitrogen and oxygen atoms in total. The van der Waals surface area contributed by atoms with Gasteiger partial charge in [-0.15, -0.1) is 0 Å². The van der Waals surface area contributed by atoms with Crippen molar-refractivity contribution in [3.05, 3.63) is 35.9 Å². The highest BCUT2D eigenvalue weighted by Gasteiger charge is 2.36. The fraction of sp³-hybridized carbons (Fsp3) is 0.588. The minimum Gasteiger partial charge on any atom is -0.374 e. The summed E-state index contributed by atoms with van der Waals surface area (Å²) in [5.74, 6) is 0.300. The Labute approximate surface area is 120 Å². The summed E-state index contributed by atoms with van der Waals surface area (Å²) in [5.41, 5.74) is 1.24. The van der Waals surface area contributed by atoms with E-state index < -0.39 is 0 Å². The van der Waals surface area contributed by atoms with E-state index in [2.05, 4.69) is 17.0 Å². The van der Waals surface area contributed by atoms with Crippen LogP contribution in [-0.2, 0) is 16.0 Å². The highest BCUT2D eigenvalue weighted by atomic mass is 16.5. The van der Waals surface area contributed by atoms with Crippen LogP contribution in [0.1, 0.15) is 37.7 Å². The van der Waals surface area contributed by atoms with Gasteiger partial charge in [0.15, 0.2) is 0 Å². The Morgan fingerprint density at radius 2 is 2.00 bits per heavy atom. The van der Waals surface area contributed by atoms with Crippen LogP contribution in [-0.4, -0.2) is 36.1 Å². The summed E-state index contributed by atoms with van der Waals surface area (Å²) < 4.78 is 5.83. The Balaban J connectivity index is 1.58. The van der Waals surface area contributed by atoms with E-state index in [1.807, 2.05) is 18.2 Å². The predicted molar refractivity (Wildman–Crippen MR) is 78.5 cm³/mol. The van der Waals surface area contributed by atoms with Gasteiger partial charge in [0.25, 0.3) is 0 Å². The maximum absolute atomic E-state index is 12.5. The molecule has 3 heteroatoms. The van der Waals surface area contributed by atoms with Crippen molar-refractivity contribution in [1.82, 2.24) is 4.90 Å². The number of hydrogen-bond donors (Lipinski definition) is 0. The molecule has 0 N–H and O–H groups in total. The van der Waals surface area contributed by atoms with Crippen molar-refractivity contribution < 1.29 is 9.53 Å². The van der Waals surface area contributed by atoms with Gasteiger partial charge < -0.3 is 9.64 Å². The van der Waals surface area contributed by atoms with Crippen molar-refractivity contribution in [3.63, 3.8) is 0 Å². The van der Waals surface area contributed by atoms with Crippen molar-refractivity contribution in [2.75, 3.05) is 13.2 Å². The second-order valence-corrected chi connectivity index (χ2v) is 5.83. The van der Waals surface area contributed by atoms with Crippen LogP contribution in [0.4, 0.5) is 0 Å². The molecule has 2 atom stereocenters. The molecule has 1 aromatic rings. The van der Waals surface area contributed by atoms with Crippen LogP contribution in [0, 0.1) is 0 Å². The van der Waals surface area contributed by atoms with Gasteiger partial charge in [0.2, 0.25) is 5.91 Å². The van der Waals surface area contributed by atoms with Crippen LogP contribution in [0.2, 0.25) is 0 Å². The molecule has 1 aliphatic carbocycles. The molecule has 1 heterocycles. The van der Waals surface area contributed by atoms with Gasteiger partial charge in [-0.05, 0) is 24.8 Å². The minimum absolute atomic E-state index is 0.290. The third-order valence-corrected chi connectivity index (χ3v) is 4.52. The van der Waals surface area contributed by atoms with Crippen molar-refractivity contribution in [2.45, 2.75) is 50.7 Å². The molecular weight excluding hydrogens is 250 g/mol. The van der Waals surface area contributed by atoms with E-state index in [1.165, 1.54) is 18.4 Å². The lowest BCUT2D eigenvalue weighted by Gasteiger charge is -2.43.